The number of anilines is 2. The first-order chi connectivity index (χ1) is 18.0. The number of fused-ring (bicyclic) bond motifs is 1. The molecule has 1 saturated heterocycles. The molecular weight excluding hydrogens is 501 g/mol. The van der Waals surface area contributed by atoms with E-state index in [2.05, 4.69) is 27.0 Å². The van der Waals surface area contributed by atoms with E-state index < -0.39 is 17.6 Å². The van der Waals surface area contributed by atoms with Gasteiger partial charge >= 0.3 is 6.18 Å². The monoisotopic (exact) mass is 524 g/mol. The van der Waals surface area contributed by atoms with E-state index in [0.29, 0.717) is 47.3 Å². The van der Waals surface area contributed by atoms with Crippen molar-refractivity contribution < 1.29 is 27.4 Å². The highest BCUT2D eigenvalue weighted by Crippen LogP contribution is 2.32. The number of benzene rings is 2. The van der Waals surface area contributed by atoms with Gasteiger partial charge in [0.15, 0.2) is 5.65 Å². The quantitative estimate of drug-likeness (QED) is 0.385. The van der Waals surface area contributed by atoms with Crippen LogP contribution in [0.5, 0.6) is 11.6 Å². The van der Waals surface area contributed by atoms with E-state index in [1.54, 1.807) is 42.2 Å². The number of aromatic nitrogens is 4. The van der Waals surface area contributed by atoms with Gasteiger partial charge in [-0.2, -0.15) is 28.2 Å². The second-order valence-corrected chi connectivity index (χ2v) is 8.88. The summed E-state index contributed by atoms with van der Waals surface area (Å²) in [5.41, 5.74) is -0.253. The van der Waals surface area contributed by atoms with E-state index in [1.165, 1.54) is 12.1 Å². The maximum absolute atomic E-state index is 13.0. The summed E-state index contributed by atoms with van der Waals surface area (Å²) in [6, 6.07) is 10.7. The summed E-state index contributed by atoms with van der Waals surface area (Å²) in [7, 11) is 1.76. The number of aryl methyl sites for hydroxylation is 1. The Morgan fingerprint density at radius 3 is 2.74 bits per heavy atom. The molecule has 1 N–H and O–H groups in total. The first-order valence-corrected chi connectivity index (χ1v) is 11.6. The number of alkyl halides is 3. The molecule has 3 heterocycles. The summed E-state index contributed by atoms with van der Waals surface area (Å²) in [6.45, 7) is 6.80. The van der Waals surface area contributed by atoms with Crippen LogP contribution >= 0.6 is 0 Å². The smallest absolute Gasteiger partial charge is 0.416 e. The van der Waals surface area contributed by atoms with Gasteiger partial charge in [0.2, 0.25) is 11.8 Å². The zero-order valence-corrected chi connectivity index (χ0v) is 20.5. The number of ether oxygens (including phenoxy) is 2. The van der Waals surface area contributed by atoms with Crippen LogP contribution in [0.2, 0.25) is 0 Å². The highest BCUT2D eigenvalue weighted by molar-refractivity contribution is 6.04. The number of nitrogens with one attached hydrogen (secondary N) is 1. The molecule has 9 nitrogen and oxygen atoms in total. The summed E-state index contributed by atoms with van der Waals surface area (Å²) in [6.07, 6.45) is -2.92. The average Bonchev–Trinajstić information content (AvgIpc) is 3.24. The molecule has 4 aromatic rings. The molecule has 2 aromatic heterocycles. The molecular formula is C26H23F3N6O3. The Labute approximate surface area is 215 Å². The van der Waals surface area contributed by atoms with Crippen molar-refractivity contribution in [1.29, 1.82) is 0 Å². The molecule has 1 unspecified atom stereocenters. The third-order valence-electron chi connectivity index (χ3n) is 5.70. The second kappa shape index (κ2) is 9.69. The number of morpholine rings is 1. The largest absolute Gasteiger partial charge is 0.492 e. The highest BCUT2D eigenvalue weighted by Gasteiger charge is 2.31. The molecule has 2 aromatic carbocycles. The summed E-state index contributed by atoms with van der Waals surface area (Å²) in [5, 5.41) is 7.58. The van der Waals surface area contributed by atoms with Crippen molar-refractivity contribution in [3.8, 4) is 11.6 Å². The normalized spacial score (nSPS) is 15.9. The summed E-state index contributed by atoms with van der Waals surface area (Å²) < 4.78 is 52.4. The topological polar surface area (TPSA) is 94.4 Å². The van der Waals surface area contributed by atoms with Gasteiger partial charge in [-0.25, -0.2) is 0 Å². The summed E-state index contributed by atoms with van der Waals surface area (Å²) in [5.74, 6) is 0.913. The van der Waals surface area contributed by atoms with Crippen molar-refractivity contribution in [3.05, 3.63) is 78.2 Å². The molecule has 0 radical (unpaired) electrons. The Hall–Kier alpha value is -4.61. The van der Waals surface area contributed by atoms with E-state index in [-0.39, 0.29) is 17.5 Å². The molecule has 1 aliphatic rings. The number of nitrogens with zero attached hydrogens (tertiary/aromatic N) is 5. The molecule has 1 aliphatic heterocycles. The molecule has 0 spiro atoms. The Morgan fingerprint density at radius 2 is 1.97 bits per heavy atom. The van der Waals surface area contributed by atoms with Crippen LogP contribution in [0.3, 0.4) is 0 Å². The summed E-state index contributed by atoms with van der Waals surface area (Å²) in [4.78, 5) is 23.8. The summed E-state index contributed by atoms with van der Waals surface area (Å²) >= 11 is 0. The first kappa shape index (κ1) is 25.1. The molecule has 0 aliphatic carbocycles. The standard InChI is InChI=1S/C26H23F3N6O3/c1-15-12-35(13-16(2)37-15)25-31-22-21(14-34(3)33-22)24(32-25)38-20-9-5-8-19(11-20)30-23(36)17-6-4-7-18(10-17)26(27,28)29/h4-11,14,16H,1,12-13H2,2-3H3,(H,30,36). The molecule has 0 saturated carbocycles. The van der Waals surface area contributed by atoms with E-state index in [9.17, 15) is 18.0 Å². The Kier molecular flexibility index (Phi) is 6.39. The minimum Gasteiger partial charge on any atom is -0.492 e. The predicted octanol–water partition coefficient (Wildman–Crippen LogP) is 5.17. The van der Waals surface area contributed by atoms with Crippen LogP contribution in [-0.2, 0) is 18.0 Å². The minimum absolute atomic E-state index is 0.0965. The maximum atomic E-state index is 13.0. The van der Waals surface area contributed by atoms with Crippen LogP contribution in [0.25, 0.3) is 11.0 Å². The molecule has 196 valence electrons. The molecule has 1 fully saturated rings. The van der Waals surface area contributed by atoms with Crippen molar-refractivity contribution in [3.63, 3.8) is 0 Å². The van der Waals surface area contributed by atoms with Crippen molar-refractivity contribution in [2.45, 2.75) is 19.2 Å². The zero-order valence-electron chi connectivity index (χ0n) is 20.5. The predicted molar refractivity (Wildman–Crippen MR) is 134 cm³/mol. The first-order valence-electron chi connectivity index (χ1n) is 11.6. The number of carbonyl (C=O) groups is 1. The van der Waals surface area contributed by atoms with Crippen molar-refractivity contribution in [1.82, 2.24) is 19.7 Å². The maximum Gasteiger partial charge on any atom is 0.416 e. The third kappa shape index (κ3) is 5.38. The Balaban J connectivity index is 1.41. The van der Waals surface area contributed by atoms with Gasteiger partial charge < -0.3 is 19.7 Å². The van der Waals surface area contributed by atoms with Gasteiger partial charge in [-0.05, 0) is 37.3 Å². The van der Waals surface area contributed by atoms with Crippen molar-refractivity contribution >= 4 is 28.6 Å². The van der Waals surface area contributed by atoms with Gasteiger partial charge in [-0.1, -0.05) is 18.7 Å². The van der Waals surface area contributed by atoms with Gasteiger partial charge in [0.05, 0.1) is 18.7 Å². The average molecular weight is 525 g/mol. The van der Waals surface area contributed by atoms with Gasteiger partial charge in [0.1, 0.15) is 23.0 Å². The van der Waals surface area contributed by atoms with Crippen LogP contribution in [0.15, 0.2) is 67.1 Å². The lowest BCUT2D eigenvalue weighted by molar-refractivity contribution is -0.137. The van der Waals surface area contributed by atoms with Crippen LogP contribution in [-0.4, -0.2) is 44.8 Å². The number of rotatable bonds is 5. The van der Waals surface area contributed by atoms with E-state index in [0.717, 1.165) is 12.1 Å². The van der Waals surface area contributed by atoms with Gasteiger partial charge in [-0.15, -0.1) is 0 Å². The van der Waals surface area contributed by atoms with Crippen molar-refractivity contribution in [2.24, 2.45) is 7.05 Å². The van der Waals surface area contributed by atoms with E-state index in [4.69, 9.17) is 9.47 Å². The fourth-order valence-corrected chi connectivity index (χ4v) is 4.09. The highest BCUT2D eigenvalue weighted by atomic mass is 19.4. The number of halogens is 3. The SMILES string of the molecule is C=C1CN(c2nc(Oc3cccc(NC(=O)c4cccc(C(F)(F)F)c4)c3)c3cn(C)nc3n2)CC(C)O1. The molecule has 1 atom stereocenters. The Morgan fingerprint density at radius 1 is 1.18 bits per heavy atom. The fourth-order valence-electron chi connectivity index (χ4n) is 4.09. The lowest BCUT2D eigenvalue weighted by Crippen LogP contribution is -2.40. The van der Waals surface area contributed by atoms with Crippen molar-refractivity contribution in [2.75, 3.05) is 23.3 Å². The molecule has 1 amide bonds. The van der Waals surface area contributed by atoms with Crippen LogP contribution < -0.4 is 15.0 Å². The minimum atomic E-state index is -4.55. The number of carbonyl (C=O) groups excluding carboxylic acids is 1. The number of hydrogen-bond acceptors (Lipinski definition) is 7. The second-order valence-electron chi connectivity index (χ2n) is 8.88. The van der Waals surface area contributed by atoms with Crippen LogP contribution in [0.1, 0.15) is 22.8 Å². The lowest BCUT2D eigenvalue weighted by atomic mass is 10.1. The van der Waals surface area contributed by atoms with Crippen LogP contribution in [0, 0.1) is 0 Å². The molecule has 12 heteroatoms. The fraction of sp³-hybridized carbons (Fsp3) is 0.231. The molecule has 5 rings (SSSR count). The zero-order chi connectivity index (χ0) is 27.0. The van der Waals surface area contributed by atoms with Crippen LogP contribution in [0.4, 0.5) is 24.8 Å². The van der Waals surface area contributed by atoms with Gasteiger partial charge in [-0.3, -0.25) is 9.48 Å². The number of amides is 1. The van der Waals surface area contributed by atoms with Gasteiger partial charge in [0, 0.05) is 30.6 Å². The number of hydrogen-bond donors (Lipinski definition) is 1. The third-order valence-corrected chi connectivity index (χ3v) is 5.70. The van der Waals surface area contributed by atoms with E-state index >= 15 is 0 Å². The van der Waals surface area contributed by atoms with E-state index in [1.807, 2.05) is 11.8 Å². The Bertz CT molecular complexity index is 1530. The molecule has 38 heavy (non-hydrogen) atoms. The van der Waals surface area contributed by atoms with Gasteiger partial charge in [0.25, 0.3) is 5.91 Å². The lowest BCUT2D eigenvalue weighted by Gasteiger charge is -2.32. The molecule has 0 bridgehead atoms.